The van der Waals surface area contributed by atoms with E-state index in [1.54, 1.807) is 6.92 Å². The van der Waals surface area contributed by atoms with Gasteiger partial charge in [-0.2, -0.15) is 0 Å². The molecule has 2 aromatic carbocycles. The van der Waals surface area contributed by atoms with Crippen LogP contribution in [0.4, 0.5) is 4.79 Å². The fourth-order valence-electron chi connectivity index (χ4n) is 3.44. The van der Waals surface area contributed by atoms with Gasteiger partial charge in [-0.1, -0.05) is 48.5 Å². The third-order valence-corrected chi connectivity index (χ3v) is 4.63. The molecule has 0 bridgehead atoms. The number of hydrogen-bond acceptors (Lipinski definition) is 4. The van der Waals surface area contributed by atoms with Crippen LogP contribution in [-0.2, 0) is 14.3 Å². The first-order valence-electron chi connectivity index (χ1n) is 9.05. The van der Waals surface area contributed by atoms with Crippen LogP contribution in [0.5, 0.6) is 0 Å². The summed E-state index contributed by atoms with van der Waals surface area (Å²) in [7, 11) is 0. The average Bonchev–Trinajstić information content (AvgIpc) is 2.98. The number of carboxylic acid groups (broad SMARTS) is 1. The van der Waals surface area contributed by atoms with Crippen molar-refractivity contribution in [2.24, 2.45) is 0 Å². The first-order valence-corrected chi connectivity index (χ1v) is 9.05. The van der Waals surface area contributed by atoms with Gasteiger partial charge >= 0.3 is 12.1 Å². The molecule has 28 heavy (non-hydrogen) atoms. The summed E-state index contributed by atoms with van der Waals surface area (Å²) in [5.41, 5.74) is 4.49. The van der Waals surface area contributed by atoms with Gasteiger partial charge in [0.25, 0.3) is 0 Å². The lowest BCUT2D eigenvalue weighted by Crippen LogP contribution is -2.41. The molecule has 146 valence electrons. The van der Waals surface area contributed by atoms with Crippen LogP contribution in [0, 0.1) is 0 Å². The maximum absolute atomic E-state index is 12.0. The lowest BCUT2D eigenvalue weighted by molar-refractivity contribution is -0.137. The van der Waals surface area contributed by atoms with Crippen molar-refractivity contribution >= 4 is 18.0 Å². The molecule has 0 fully saturated rings. The molecule has 0 aromatic heterocycles. The van der Waals surface area contributed by atoms with Crippen molar-refractivity contribution in [3.63, 3.8) is 0 Å². The monoisotopic (exact) mass is 382 g/mol. The second kappa shape index (κ2) is 8.56. The van der Waals surface area contributed by atoms with Crippen molar-refractivity contribution in [3.8, 4) is 11.1 Å². The molecular weight excluding hydrogens is 360 g/mol. The molecule has 0 saturated carbocycles. The van der Waals surface area contributed by atoms with Gasteiger partial charge in [-0.05, 0) is 29.2 Å². The highest BCUT2D eigenvalue weighted by Crippen LogP contribution is 2.44. The number of carbonyl (C=O) groups excluding carboxylic acids is 2. The van der Waals surface area contributed by atoms with E-state index >= 15 is 0 Å². The van der Waals surface area contributed by atoms with Crippen LogP contribution >= 0.6 is 0 Å². The molecule has 2 amide bonds. The standard InChI is InChI=1S/C21H22N2O5/c1-13(10-20(25)26)23-19(24)11-22-21(27)28-12-18-16-8-4-2-6-14(16)15-7-3-5-9-17(15)18/h2-9,13,18H,10-12H2,1H3,(H,22,27)(H,23,24)(H,25,26). The number of carbonyl (C=O) groups is 3. The minimum atomic E-state index is -1.00. The van der Waals surface area contributed by atoms with E-state index in [-0.39, 0.29) is 25.5 Å². The summed E-state index contributed by atoms with van der Waals surface area (Å²) in [6, 6.07) is 15.5. The number of rotatable bonds is 7. The summed E-state index contributed by atoms with van der Waals surface area (Å²) in [4.78, 5) is 34.3. The molecule has 0 aliphatic heterocycles. The van der Waals surface area contributed by atoms with Crippen molar-refractivity contribution in [2.75, 3.05) is 13.2 Å². The van der Waals surface area contributed by atoms with E-state index in [9.17, 15) is 14.4 Å². The molecule has 1 aliphatic rings. The van der Waals surface area contributed by atoms with Crippen molar-refractivity contribution in [3.05, 3.63) is 59.7 Å². The predicted octanol–water partition coefficient (Wildman–Crippen LogP) is 2.50. The highest BCUT2D eigenvalue weighted by molar-refractivity contribution is 5.83. The van der Waals surface area contributed by atoms with Crippen molar-refractivity contribution in [2.45, 2.75) is 25.3 Å². The highest BCUT2D eigenvalue weighted by Gasteiger charge is 2.29. The fourth-order valence-corrected chi connectivity index (χ4v) is 3.44. The number of alkyl carbamates (subject to hydrolysis) is 1. The molecule has 0 saturated heterocycles. The summed E-state index contributed by atoms with van der Waals surface area (Å²) in [5, 5.41) is 13.6. The van der Waals surface area contributed by atoms with Gasteiger partial charge in [0, 0.05) is 12.0 Å². The van der Waals surface area contributed by atoms with Crippen LogP contribution in [0.3, 0.4) is 0 Å². The number of benzene rings is 2. The Morgan fingerprint density at radius 3 is 2.18 bits per heavy atom. The Labute approximate surface area is 162 Å². The van der Waals surface area contributed by atoms with Crippen LogP contribution in [0.15, 0.2) is 48.5 Å². The Morgan fingerprint density at radius 2 is 1.61 bits per heavy atom. The van der Waals surface area contributed by atoms with E-state index in [1.165, 1.54) is 0 Å². The Hall–Kier alpha value is -3.35. The van der Waals surface area contributed by atoms with Gasteiger partial charge in [0.15, 0.2) is 0 Å². The summed E-state index contributed by atoms with van der Waals surface area (Å²) in [6.45, 7) is 1.47. The molecular formula is C21H22N2O5. The third-order valence-electron chi connectivity index (χ3n) is 4.63. The Kier molecular flexibility index (Phi) is 5.93. The van der Waals surface area contributed by atoms with E-state index in [2.05, 4.69) is 22.8 Å². The molecule has 2 aromatic rings. The van der Waals surface area contributed by atoms with Crippen LogP contribution in [0.2, 0.25) is 0 Å². The van der Waals surface area contributed by atoms with Crippen molar-refractivity contribution in [1.82, 2.24) is 10.6 Å². The molecule has 3 rings (SSSR count). The minimum Gasteiger partial charge on any atom is -0.481 e. The quantitative estimate of drug-likeness (QED) is 0.682. The number of carboxylic acids is 1. The lowest BCUT2D eigenvalue weighted by atomic mass is 9.98. The SMILES string of the molecule is CC(CC(=O)O)NC(=O)CNC(=O)OCC1c2ccccc2-c2ccccc21. The predicted molar refractivity (Wildman–Crippen MR) is 103 cm³/mol. The topological polar surface area (TPSA) is 105 Å². The second-order valence-electron chi connectivity index (χ2n) is 6.75. The zero-order valence-corrected chi connectivity index (χ0v) is 15.5. The largest absolute Gasteiger partial charge is 0.481 e. The van der Waals surface area contributed by atoms with Crippen LogP contribution < -0.4 is 10.6 Å². The number of fused-ring (bicyclic) bond motifs is 3. The van der Waals surface area contributed by atoms with Crippen LogP contribution in [-0.4, -0.2) is 42.3 Å². The van der Waals surface area contributed by atoms with E-state index < -0.39 is 24.0 Å². The van der Waals surface area contributed by atoms with Crippen molar-refractivity contribution < 1.29 is 24.2 Å². The summed E-state index contributed by atoms with van der Waals surface area (Å²) in [5.74, 6) is -1.53. The smallest absolute Gasteiger partial charge is 0.407 e. The molecule has 1 unspecified atom stereocenters. The molecule has 0 spiro atoms. The average molecular weight is 382 g/mol. The number of aliphatic carboxylic acids is 1. The van der Waals surface area contributed by atoms with Crippen molar-refractivity contribution in [1.29, 1.82) is 0 Å². The Balaban J connectivity index is 1.53. The molecule has 1 atom stereocenters. The highest BCUT2D eigenvalue weighted by atomic mass is 16.5. The zero-order chi connectivity index (χ0) is 20.1. The Bertz CT molecular complexity index is 850. The molecule has 7 heteroatoms. The lowest BCUT2D eigenvalue weighted by Gasteiger charge is -2.15. The first-order chi connectivity index (χ1) is 13.5. The fraction of sp³-hybridized carbons (Fsp3) is 0.286. The zero-order valence-electron chi connectivity index (χ0n) is 15.5. The van der Waals surface area contributed by atoms with Gasteiger partial charge in [-0.3, -0.25) is 9.59 Å². The van der Waals surface area contributed by atoms with Gasteiger partial charge in [0.2, 0.25) is 5.91 Å². The van der Waals surface area contributed by atoms with Gasteiger partial charge in [0.1, 0.15) is 13.2 Å². The van der Waals surface area contributed by atoms with Gasteiger partial charge in [0.05, 0.1) is 6.42 Å². The van der Waals surface area contributed by atoms with E-state index in [4.69, 9.17) is 9.84 Å². The second-order valence-corrected chi connectivity index (χ2v) is 6.75. The molecule has 0 radical (unpaired) electrons. The van der Waals surface area contributed by atoms with Crippen LogP contribution in [0.1, 0.15) is 30.4 Å². The van der Waals surface area contributed by atoms with Gasteiger partial charge in [-0.15, -0.1) is 0 Å². The summed E-state index contributed by atoms with van der Waals surface area (Å²) < 4.78 is 5.34. The number of amides is 2. The van der Waals surface area contributed by atoms with Gasteiger partial charge in [-0.25, -0.2) is 4.79 Å². The van der Waals surface area contributed by atoms with E-state index in [0.717, 1.165) is 22.3 Å². The van der Waals surface area contributed by atoms with E-state index in [0.29, 0.717) is 0 Å². The third kappa shape index (κ3) is 4.49. The Morgan fingerprint density at radius 1 is 1.04 bits per heavy atom. The number of nitrogens with one attached hydrogen (secondary N) is 2. The van der Waals surface area contributed by atoms with Gasteiger partial charge < -0.3 is 20.5 Å². The number of hydrogen-bond donors (Lipinski definition) is 3. The normalized spacial score (nSPS) is 13.2. The number of ether oxygens (including phenoxy) is 1. The maximum atomic E-state index is 12.0. The molecule has 7 nitrogen and oxygen atoms in total. The molecule has 3 N–H and O–H groups in total. The maximum Gasteiger partial charge on any atom is 0.407 e. The first kappa shape index (κ1) is 19.4. The summed E-state index contributed by atoms with van der Waals surface area (Å²) >= 11 is 0. The minimum absolute atomic E-state index is 0.0532. The molecule has 1 aliphatic carbocycles. The molecule has 0 heterocycles. The van der Waals surface area contributed by atoms with Crippen LogP contribution in [0.25, 0.3) is 11.1 Å². The summed E-state index contributed by atoms with van der Waals surface area (Å²) in [6.07, 6.45) is -0.876. The van der Waals surface area contributed by atoms with E-state index in [1.807, 2.05) is 36.4 Å².